The molecule has 3 rings (SSSR count). The number of hydrogen-bond donors (Lipinski definition) is 1. The molecule has 1 N–H and O–H groups in total. The molecule has 64 valence electrons. The van der Waals surface area contributed by atoms with Crippen molar-refractivity contribution in [2.75, 3.05) is 0 Å². The average molecular weight is 164 g/mol. The van der Waals surface area contributed by atoms with E-state index in [1.165, 1.54) is 0 Å². The Bertz CT molecular complexity index is 294. The summed E-state index contributed by atoms with van der Waals surface area (Å²) in [7, 11) is 0. The number of allylic oxidation sites excluding steroid dienone is 1. The first-order valence-electron chi connectivity index (χ1n) is 4.62. The van der Waals surface area contributed by atoms with Gasteiger partial charge in [-0.05, 0) is 25.3 Å². The molecule has 0 unspecified atom stereocenters. The Morgan fingerprint density at radius 1 is 1.50 bits per heavy atom. The molecule has 3 aliphatic rings. The quantitative estimate of drug-likeness (QED) is 0.581. The number of aliphatic hydroxyl groups excluding tert-OH is 1. The Labute approximate surface area is 71.3 Å². The zero-order chi connectivity index (χ0) is 8.40. The van der Waals surface area contributed by atoms with Crippen molar-refractivity contribution in [1.29, 1.82) is 0 Å². The van der Waals surface area contributed by atoms with E-state index in [-0.39, 0.29) is 22.7 Å². The van der Waals surface area contributed by atoms with Gasteiger partial charge < -0.3 is 5.11 Å². The predicted octanol–water partition coefficient (Wildman–Crippen LogP) is 1.05. The zero-order valence-electron chi connectivity index (χ0n) is 6.92. The number of carbonyl (C=O) groups is 1. The molecule has 0 aromatic rings. The molecule has 0 heterocycles. The van der Waals surface area contributed by atoms with Crippen molar-refractivity contribution < 1.29 is 9.90 Å². The molecule has 0 aliphatic heterocycles. The topological polar surface area (TPSA) is 37.3 Å². The molecule has 3 atom stereocenters. The highest BCUT2D eigenvalue weighted by molar-refractivity contribution is 6.00. The van der Waals surface area contributed by atoms with Crippen LogP contribution in [0.2, 0.25) is 0 Å². The molecule has 2 saturated carbocycles. The van der Waals surface area contributed by atoms with Crippen LogP contribution in [0.5, 0.6) is 0 Å². The summed E-state index contributed by atoms with van der Waals surface area (Å²) in [5.41, 5.74) is -0.125. The highest BCUT2D eigenvalue weighted by Crippen LogP contribution is 2.76. The van der Waals surface area contributed by atoms with E-state index in [0.717, 1.165) is 25.7 Å². The van der Waals surface area contributed by atoms with Crippen molar-refractivity contribution >= 4 is 5.78 Å². The maximum Gasteiger partial charge on any atom is 0.162 e. The van der Waals surface area contributed by atoms with Gasteiger partial charge in [0.1, 0.15) is 0 Å². The number of hydrogen-bond acceptors (Lipinski definition) is 2. The molecule has 2 heteroatoms. The molecule has 0 saturated heterocycles. The van der Waals surface area contributed by atoms with Crippen LogP contribution in [-0.4, -0.2) is 17.0 Å². The fourth-order valence-electron chi connectivity index (χ4n) is 3.38. The fraction of sp³-hybridized carbons (Fsp3) is 0.700. The summed E-state index contributed by atoms with van der Waals surface area (Å²) < 4.78 is 0. The first-order chi connectivity index (χ1) is 5.71. The van der Waals surface area contributed by atoms with Gasteiger partial charge in [0.15, 0.2) is 5.78 Å². The summed E-state index contributed by atoms with van der Waals surface area (Å²) in [6.45, 7) is 0. The molecule has 12 heavy (non-hydrogen) atoms. The third kappa shape index (κ3) is 0.470. The minimum Gasteiger partial charge on any atom is -0.388 e. The van der Waals surface area contributed by atoms with E-state index in [2.05, 4.69) is 0 Å². The van der Waals surface area contributed by atoms with Crippen LogP contribution in [0.1, 0.15) is 25.7 Å². The van der Waals surface area contributed by atoms with E-state index in [1.807, 2.05) is 0 Å². The second-order valence-corrected chi connectivity index (χ2v) is 4.44. The van der Waals surface area contributed by atoms with Gasteiger partial charge in [-0.25, -0.2) is 0 Å². The molecule has 0 aromatic heterocycles. The van der Waals surface area contributed by atoms with Crippen LogP contribution in [0, 0.1) is 10.8 Å². The van der Waals surface area contributed by atoms with Gasteiger partial charge in [-0.1, -0.05) is 12.5 Å². The molecular weight excluding hydrogens is 152 g/mol. The maximum absolute atomic E-state index is 11.6. The third-order valence-corrected chi connectivity index (χ3v) is 4.14. The monoisotopic (exact) mass is 164 g/mol. The predicted molar refractivity (Wildman–Crippen MR) is 43.5 cm³/mol. The Kier molecular flexibility index (Phi) is 0.950. The first kappa shape index (κ1) is 6.84. The van der Waals surface area contributed by atoms with Crippen molar-refractivity contribution in [2.24, 2.45) is 10.8 Å². The lowest BCUT2D eigenvalue weighted by Crippen LogP contribution is -2.30. The van der Waals surface area contributed by atoms with Gasteiger partial charge >= 0.3 is 0 Å². The Morgan fingerprint density at radius 2 is 2.33 bits per heavy atom. The van der Waals surface area contributed by atoms with Crippen LogP contribution in [0.3, 0.4) is 0 Å². The van der Waals surface area contributed by atoms with E-state index in [1.54, 1.807) is 12.2 Å². The Morgan fingerprint density at radius 3 is 3.08 bits per heavy atom. The average Bonchev–Trinajstić information content (AvgIpc) is 2.61. The summed E-state index contributed by atoms with van der Waals surface area (Å²) in [5.74, 6) is 0.269. The number of rotatable bonds is 0. The summed E-state index contributed by atoms with van der Waals surface area (Å²) in [5, 5.41) is 9.75. The Balaban J connectivity index is 2.13. The minimum atomic E-state index is -0.349. The molecule has 2 fully saturated rings. The minimum absolute atomic E-state index is 0.0150. The number of ketones is 1. The molecular formula is C10H12O2. The van der Waals surface area contributed by atoms with Crippen molar-refractivity contribution in [3.8, 4) is 0 Å². The molecule has 0 aromatic carbocycles. The van der Waals surface area contributed by atoms with Crippen molar-refractivity contribution in [3.05, 3.63) is 12.2 Å². The van der Waals surface area contributed by atoms with E-state index in [4.69, 9.17) is 0 Å². The summed E-state index contributed by atoms with van der Waals surface area (Å²) in [4.78, 5) is 11.6. The van der Waals surface area contributed by atoms with E-state index in [0.29, 0.717) is 0 Å². The highest BCUT2D eigenvalue weighted by atomic mass is 16.3. The smallest absolute Gasteiger partial charge is 0.162 e. The normalized spacial score (nSPS) is 55.1. The van der Waals surface area contributed by atoms with Gasteiger partial charge in [-0.2, -0.15) is 0 Å². The molecule has 0 radical (unpaired) electrons. The maximum atomic E-state index is 11.6. The SMILES string of the molecule is O=C1C=C[C@H](O)[C@]23CCC[C@@]12C3. The first-order valence-corrected chi connectivity index (χ1v) is 4.62. The van der Waals surface area contributed by atoms with Crippen molar-refractivity contribution in [3.63, 3.8) is 0 Å². The summed E-state index contributed by atoms with van der Waals surface area (Å²) in [6, 6.07) is 0. The second-order valence-electron chi connectivity index (χ2n) is 4.44. The molecule has 2 nitrogen and oxygen atoms in total. The van der Waals surface area contributed by atoms with Crippen LogP contribution >= 0.6 is 0 Å². The molecule has 0 bridgehead atoms. The lowest BCUT2D eigenvalue weighted by atomic mass is 9.83. The largest absolute Gasteiger partial charge is 0.388 e. The van der Waals surface area contributed by atoms with Gasteiger partial charge in [0.05, 0.1) is 6.10 Å². The second kappa shape index (κ2) is 1.67. The number of carbonyl (C=O) groups excluding carboxylic acids is 1. The van der Waals surface area contributed by atoms with Crippen LogP contribution in [0.25, 0.3) is 0 Å². The van der Waals surface area contributed by atoms with Gasteiger partial charge in [0, 0.05) is 10.8 Å². The fourth-order valence-corrected chi connectivity index (χ4v) is 3.38. The van der Waals surface area contributed by atoms with Crippen molar-refractivity contribution in [1.82, 2.24) is 0 Å². The zero-order valence-corrected chi connectivity index (χ0v) is 6.92. The van der Waals surface area contributed by atoms with Crippen LogP contribution in [0.15, 0.2) is 12.2 Å². The van der Waals surface area contributed by atoms with Crippen molar-refractivity contribution in [2.45, 2.75) is 31.8 Å². The molecule has 3 aliphatic carbocycles. The van der Waals surface area contributed by atoms with E-state index < -0.39 is 0 Å². The van der Waals surface area contributed by atoms with Crippen LogP contribution in [0.4, 0.5) is 0 Å². The van der Waals surface area contributed by atoms with Gasteiger partial charge in [-0.15, -0.1) is 0 Å². The standard InChI is InChI=1S/C10H12O2/c11-7-2-3-8(12)10-5-1-4-9(7,10)6-10/h2-3,7,11H,1,4-6H2/t7-,9+,10+/m0/s1. The number of aliphatic hydroxyl groups is 1. The molecule has 0 spiro atoms. The van der Waals surface area contributed by atoms with Crippen LogP contribution < -0.4 is 0 Å². The molecule has 0 amide bonds. The summed E-state index contributed by atoms with van der Waals surface area (Å²) in [6.07, 6.45) is 7.02. The van der Waals surface area contributed by atoms with E-state index in [9.17, 15) is 9.90 Å². The third-order valence-electron chi connectivity index (χ3n) is 4.14. The van der Waals surface area contributed by atoms with Gasteiger partial charge in [0.2, 0.25) is 0 Å². The summed E-state index contributed by atoms with van der Waals surface area (Å²) >= 11 is 0. The van der Waals surface area contributed by atoms with Crippen LogP contribution in [-0.2, 0) is 4.79 Å². The van der Waals surface area contributed by atoms with Gasteiger partial charge in [-0.3, -0.25) is 4.79 Å². The lowest BCUT2D eigenvalue weighted by Gasteiger charge is -2.23. The lowest BCUT2D eigenvalue weighted by molar-refractivity contribution is -0.121. The highest BCUT2D eigenvalue weighted by Gasteiger charge is 2.76. The Hall–Kier alpha value is -0.630. The van der Waals surface area contributed by atoms with E-state index >= 15 is 0 Å². The van der Waals surface area contributed by atoms with Gasteiger partial charge in [0.25, 0.3) is 0 Å².